The Morgan fingerprint density at radius 1 is 0.959 bits per heavy atom. The number of carbonyl (C=O) groups excluding carboxylic acids is 2. The van der Waals surface area contributed by atoms with Crippen LogP contribution in [0.15, 0.2) is 42.9 Å². The van der Waals surface area contributed by atoms with Crippen LogP contribution in [0.2, 0.25) is 0 Å². The molecule has 12 rings (SSSR count). The van der Waals surface area contributed by atoms with Gasteiger partial charge in [0.25, 0.3) is 23.5 Å². The molecule has 1 unspecified atom stereocenters. The molecule has 6 aromatic heterocycles. The van der Waals surface area contributed by atoms with Gasteiger partial charge in [-0.15, -0.1) is 4.68 Å². The molecule has 7 atom stereocenters. The second kappa shape index (κ2) is 20.1. The summed E-state index contributed by atoms with van der Waals surface area (Å²) in [4.78, 5) is 46.4. The van der Waals surface area contributed by atoms with Crippen molar-refractivity contribution in [3.05, 3.63) is 59.9 Å². The molecule has 6 fully saturated rings. The van der Waals surface area contributed by atoms with Crippen LogP contribution in [-0.4, -0.2) is 143 Å². The summed E-state index contributed by atoms with van der Waals surface area (Å²) in [6.07, 6.45) is -1.43. The van der Waals surface area contributed by atoms with E-state index in [0.29, 0.717) is 48.7 Å². The molecular formula is C47H57F5N15O7+. The highest BCUT2D eigenvalue weighted by Crippen LogP contribution is 2.57. The molecule has 4 aliphatic carbocycles. The Hall–Kier alpha value is -6.87. The molecule has 6 aliphatic rings. The van der Waals surface area contributed by atoms with Crippen molar-refractivity contribution in [2.75, 3.05) is 50.7 Å². The van der Waals surface area contributed by atoms with Crippen molar-refractivity contribution in [2.24, 2.45) is 5.92 Å². The van der Waals surface area contributed by atoms with E-state index in [1.165, 1.54) is 22.7 Å². The first-order chi connectivity index (χ1) is 35.7. The maximum absolute atomic E-state index is 15.8. The number of hydrogen-bond acceptors (Lipinski definition) is 15. The number of H-pyrrole nitrogens is 2. The number of unbranched alkanes of at least 4 members (excludes halogenated alkanes) is 2. The van der Waals surface area contributed by atoms with Gasteiger partial charge in [-0.05, 0) is 56.9 Å². The number of aromatic amines is 2. The summed E-state index contributed by atoms with van der Waals surface area (Å²) in [5, 5.41) is 22.4. The van der Waals surface area contributed by atoms with Crippen LogP contribution in [0.4, 0.5) is 55.1 Å². The molecular weight excluding hydrogens is 982 g/mol. The number of aromatic nitrogens is 10. The van der Waals surface area contributed by atoms with E-state index in [1.54, 1.807) is 34.5 Å². The fraction of sp³-hybridized carbons (Fsp3) is 0.574. The molecule has 74 heavy (non-hydrogen) atoms. The zero-order chi connectivity index (χ0) is 51.3. The van der Waals surface area contributed by atoms with Crippen molar-refractivity contribution >= 4 is 47.0 Å². The van der Waals surface area contributed by atoms with Crippen molar-refractivity contribution < 1.29 is 59.9 Å². The van der Waals surface area contributed by atoms with Crippen LogP contribution >= 0.6 is 0 Å². The molecule has 8 heterocycles. The third kappa shape index (κ3) is 10.3. The largest absolute Gasteiger partial charge is 0.467 e. The number of rotatable bonds is 20. The number of nitrogens with one attached hydrogen (secondary N) is 6. The zero-order valence-corrected chi connectivity index (χ0v) is 40.5. The van der Waals surface area contributed by atoms with Crippen molar-refractivity contribution in [3.8, 4) is 11.7 Å². The molecule has 2 bridgehead atoms. The van der Waals surface area contributed by atoms with Crippen LogP contribution in [0.1, 0.15) is 93.8 Å². The Morgan fingerprint density at radius 2 is 1.78 bits per heavy atom. The fourth-order valence-corrected chi connectivity index (χ4v) is 10.5. The second-order valence-electron chi connectivity index (χ2n) is 19.9. The third-order valence-corrected chi connectivity index (χ3v) is 14.5. The van der Waals surface area contributed by atoms with Gasteiger partial charge in [0.15, 0.2) is 30.3 Å². The molecule has 6 N–H and O–H groups in total. The first kappa shape index (κ1) is 49.3. The van der Waals surface area contributed by atoms with Gasteiger partial charge in [0.05, 0.1) is 42.6 Å². The lowest BCUT2D eigenvalue weighted by molar-refractivity contribution is -0.645. The van der Waals surface area contributed by atoms with Crippen molar-refractivity contribution in [2.45, 2.75) is 126 Å². The summed E-state index contributed by atoms with van der Waals surface area (Å²) in [7, 11) is 1.68. The van der Waals surface area contributed by atoms with Crippen LogP contribution in [0.5, 0.6) is 5.88 Å². The van der Waals surface area contributed by atoms with E-state index in [4.69, 9.17) is 33.7 Å². The number of fused-ring (bicyclic) bond motifs is 2. The molecule has 0 radical (unpaired) electrons. The lowest BCUT2D eigenvalue weighted by atomic mass is 9.50. The quantitative estimate of drug-likeness (QED) is 0.0279. The number of amides is 2. The van der Waals surface area contributed by atoms with Crippen LogP contribution in [0.25, 0.3) is 17.1 Å². The van der Waals surface area contributed by atoms with E-state index in [9.17, 15) is 22.8 Å². The molecule has 27 heteroatoms. The van der Waals surface area contributed by atoms with E-state index in [2.05, 4.69) is 51.4 Å². The number of alkyl carbamates (subject to hydrolysis) is 2. The number of alkyl halides is 5. The molecule has 396 valence electrons. The molecule has 2 saturated heterocycles. The highest BCUT2D eigenvalue weighted by molar-refractivity contribution is 5.69. The summed E-state index contributed by atoms with van der Waals surface area (Å²) in [6, 6.07) is 6.77. The highest BCUT2D eigenvalue weighted by atomic mass is 19.4. The molecule has 2 amide bonds. The first-order valence-electron chi connectivity index (χ1n) is 24.9. The minimum absolute atomic E-state index is 0.0188. The Balaban J connectivity index is 0.902. The number of hydrogen-bond donors (Lipinski definition) is 6. The van der Waals surface area contributed by atoms with Gasteiger partial charge in [-0.3, -0.25) is 24.1 Å². The fourth-order valence-electron chi connectivity index (χ4n) is 10.5. The number of ether oxygens (including phenoxy) is 5. The molecule has 0 aromatic carbocycles. The minimum atomic E-state index is -4.67. The van der Waals surface area contributed by atoms with Gasteiger partial charge in [-0.1, -0.05) is 24.7 Å². The number of methoxy groups -OCH3 is 1. The lowest BCUT2D eigenvalue weighted by Gasteiger charge is -2.61. The maximum atomic E-state index is 15.8. The monoisotopic (exact) mass is 1040 g/mol. The van der Waals surface area contributed by atoms with E-state index in [-0.39, 0.29) is 65.8 Å². The predicted octanol–water partition coefficient (Wildman–Crippen LogP) is 6.31. The van der Waals surface area contributed by atoms with Gasteiger partial charge >= 0.3 is 18.4 Å². The van der Waals surface area contributed by atoms with Gasteiger partial charge in [0.1, 0.15) is 24.0 Å². The van der Waals surface area contributed by atoms with Gasteiger partial charge < -0.3 is 34.3 Å². The number of carbonyl (C=O) groups is 2. The zero-order valence-electron chi connectivity index (χ0n) is 40.5. The van der Waals surface area contributed by atoms with E-state index >= 15 is 8.78 Å². The Kier molecular flexibility index (Phi) is 13.4. The summed E-state index contributed by atoms with van der Waals surface area (Å²) in [5.74, 6) is 0.699. The van der Waals surface area contributed by atoms with E-state index in [1.807, 2.05) is 13.1 Å². The molecule has 22 nitrogen and oxygen atoms in total. The number of halogens is 5. The Morgan fingerprint density at radius 3 is 2.54 bits per heavy atom. The van der Waals surface area contributed by atoms with Gasteiger partial charge in [0.2, 0.25) is 5.88 Å². The van der Waals surface area contributed by atoms with Crippen LogP contribution in [0.3, 0.4) is 0 Å². The van der Waals surface area contributed by atoms with E-state index < -0.39 is 61.5 Å². The Labute approximate surface area is 419 Å². The SMILES string of the molecule is CCCCCNC(=O)O[C@@H]1CO[C@H](c2cc(Nc3nc(-[n+]4[nH]c([C@H]5C[C@@H](F)[C@@H](OC(=O)NC67CC(C6)C7)C5)cc4Nc4nccc5nc(CN6CCC6COC)cn45)cc4nc(OCC(F)(F)F)cn34)n[nH]2)[C@@H]1F. The molecule has 4 saturated carbocycles. The maximum Gasteiger partial charge on any atom is 0.422 e. The standard InChI is InChI=1S/C47H56F5N15O7/c1-3-4-5-8-54-44(68)74-33-23-71-41(40(33)49)31-13-34(62-61-31)56-43-59-38(15-36-57-39(21-66(36)43)72-24-47(50,51)52)67-37(58-42-53-9-6-35-55-27(20-65(35)42)19-64-10-7-28(64)22-70-2)14-30(63-67)26-11-29(48)32(12-26)73-45(69)60-46-16-25(17-46)18-46/h6,9,13-15,20-21,25-26,28-29,32-33,40-41H,3-5,7-8,10-12,16-19,22-24H2,1-2H3,(H5,53,54,55,56,57,58,59,60,61,62,63,68,69)/p+1/t25?,26-,28?,29+,32-,33+,40+,41+,46?/m0/s1. The molecule has 6 aromatic rings. The van der Waals surface area contributed by atoms with Crippen LogP contribution < -0.4 is 30.7 Å². The third-order valence-electron chi connectivity index (χ3n) is 14.5. The van der Waals surface area contributed by atoms with Gasteiger partial charge in [0, 0.05) is 68.8 Å². The van der Waals surface area contributed by atoms with Crippen LogP contribution in [0, 0.1) is 5.92 Å². The summed E-state index contributed by atoms with van der Waals surface area (Å²) in [6.45, 7) is 2.69. The van der Waals surface area contributed by atoms with E-state index in [0.717, 1.165) is 57.2 Å². The summed E-state index contributed by atoms with van der Waals surface area (Å²) < 4.78 is 104. The number of likely N-dealkylation sites (tertiary alicyclic amines) is 1. The number of anilines is 4. The summed E-state index contributed by atoms with van der Waals surface area (Å²) >= 11 is 0. The first-order valence-corrected chi connectivity index (χ1v) is 24.9. The highest BCUT2D eigenvalue weighted by Gasteiger charge is 2.58. The smallest absolute Gasteiger partial charge is 0.422 e. The minimum Gasteiger partial charge on any atom is -0.467 e. The normalized spacial score (nSPS) is 26.4. The number of imidazole rings is 2. The van der Waals surface area contributed by atoms with Crippen molar-refractivity contribution in [1.82, 2.24) is 59.6 Å². The van der Waals surface area contributed by atoms with Crippen molar-refractivity contribution in [1.29, 1.82) is 0 Å². The molecule has 2 aliphatic heterocycles. The van der Waals surface area contributed by atoms with Gasteiger partial charge in [-0.2, -0.15) is 23.3 Å². The lowest BCUT2D eigenvalue weighted by Crippen LogP contribution is -2.68. The molecule has 0 spiro atoms. The average molecular weight is 1040 g/mol. The predicted molar refractivity (Wildman–Crippen MR) is 251 cm³/mol. The van der Waals surface area contributed by atoms with Crippen molar-refractivity contribution in [3.63, 3.8) is 0 Å². The average Bonchev–Trinajstić information content (AvgIpc) is 4.22. The Bertz CT molecular complexity index is 2980. The summed E-state index contributed by atoms with van der Waals surface area (Å²) in [5.41, 5.74) is 1.99. The number of nitrogens with zero attached hydrogens (tertiary/aromatic N) is 9. The van der Waals surface area contributed by atoms with Crippen LogP contribution in [-0.2, 0) is 25.5 Å². The second-order valence-corrected chi connectivity index (χ2v) is 19.9. The topological polar surface area (TPSA) is 240 Å². The van der Waals surface area contributed by atoms with Gasteiger partial charge in [-0.25, -0.2) is 38.8 Å².